The summed E-state index contributed by atoms with van der Waals surface area (Å²) in [5, 5.41) is 0. The molecule has 0 spiro atoms. The van der Waals surface area contributed by atoms with Gasteiger partial charge in [-0.3, -0.25) is 0 Å². The Morgan fingerprint density at radius 3 is 1.35 bits per heavy atom. The standard InChI is InChI=1S/C15H34OSi/c1-8-12-16-17(13(5)9-2,14(6)10-3)15(7)11-4/h13-15H,8-12H2,1-7H3. The summed E-state index contributed by atoms with van der Waals surface area (Å²) < 4.78 is 6.58. The SMILES string of the molecule is CCCO[Si](C(C)CC)(C(C)CC)C(C)CC. The summed E-state index contributed by atoms with van der Waals surface area (Å²) in [6.45, 7) is 17.5. The highest BCUT2D eigenvalue weighted by Crippen LogP contribution is 2.46. The van der Waals surface area contributed by atoms with Gasteiger partial charge in [0.05, 0.1) is 0 Å². The minimum absolute atomic E-state index is 0.777. The van der Waals surface area contributed by atoms with E-state index < -0.39 is 8.32 Å². The van der Waals surface area contributed by atoms with Crippen molar-refractivity contribution in [2.45, 2.75) is 90.8 Å². The van der Waals surface area contributed by atoms with Gasteiger partial charge in [0.15, 0.2) is 0 Å². The van der Waals surface area contributed by atoms with Gasteiger partial charge < -0.3 is 4.43 Å². The fourth-order valence-corrected chi connectivity index (χ4v) is 9.36. The smallest absolute Gasteiger partial charge is 0.201 e. The predicted molar refractivity (Wildman–Crippen MR) is 81.1 cm³/mol. The third-order valence-electron chi connectivity index (χ3n) is 4.70. The summed E-state index contributed by atoms with van der Waals surface area (Å²) in [5.41, 5.74) is 2.33. The van der Waals surface area contributed by atoms with E-state index in [9.17, 15) is 0 Å². The third kappa shape index (κ3) is 3.82. The molecule has 0 rings (SSSR count). The molecule has 3 unspecified atom stereocenters. The Morgan fingerprint density at radius 2 is 1.12 bits per heavy atom. The summed E-state index contributed by atoms with van der Waals surface area (Å²) in [7, 11) is -1.63. The van der Waals surface area contributed by atoms with E-state index in [0.29, 0.717) is 0 Å². The van der Waals surface area contributed by atoms with Crippen molar-refractivity contribution in [1.82, 2.24) is 0 Å². The fourth-order valence-electron chi connectivity index (χ4n) is 3.12. The van der Waals surface area contributed by atoms with Crippen LogP contribution in [0.1, 0.15) is 74.1 Å². The van der Waals surface area contributed by atoms with Crippen LogP contribution >= 0.6 is 0 Å². The highest BCUT2D eigenvalue weighted by molar-refractivity contribution is 6.77. The highest BCUT2D eigenvalue weighted by atomic mass is 28.4. The zero-order valence-corrected chi connectivity index (χ0v) is 14.2. The summed E-state index contributed by atoms with van der Waals surface area (Å²) in [5.74, 6) is 0. The lowest BCUT2D eigenvalue weighted by Crippen LogP contribution is -2.50. The largest absolute Gasteiger partial charge is 0.416 e. The Balaban J connectivity index is 5.19. The molecular weight excluding hydrogens is 224 g/mol. The quantitative estimate of drug-likeness (QED) is 0.478. The minimum atomic E-state index is -1.63. The molecule has 0 N–H and O–H groups in total. The molecule has 17 heavy (non-hydrogen) atoms. The topological polar surface area (TPSA) is 9.23 Å². The molecule has 2 heteroatoms. The van der Waals surface area contributed by atoms with Gasteiger partial charge in [0, 0.05) is 6.61 Å². The van der Waals surface area contributed by atoms with Crippen molar-refractivity contribution in [2.24, 2.45) is 0 Å². The average molecular weight is 259 g/mol. The fraction of sp³-hybridized carbons (Fsp3) is 1.00. The van der Waals surface area contributed by atoms with Crippen molar-refractivity contribution in [3.8, 4) is 0 Å². The van der Waals surface area contributed by atoms with Crippen LogP contribution in [0.15, 0.2) is 0 Å². The van der Waals surface area contributed by atoms with E-state index >= 15 is 0 Å². The molecule has 0 radical (unpaired) electrons. The molecule has 0 heterocycles. The average Bonchev–Trinajstić information content (AvgIpc) is 2.37. The first kappa shape index (κ1) is 17.2. The van der Waals surface area contributed by atoms with E-state index in [0.717, 1.165) is 29.7 Å². The second-order valence-corrected chi connectivity index (χ2v) is 10.6. The van der Waals surface area contributed by atoms with Gasteiger partial charge in [0.2, 0.25) is 8.32 Å². The maximum atomic E-state index is 6.58. The van der Waals surface area contributed by atoms with E-state index in [1.54, 1.807) is 0 Å². The molecule has 0 bridgehead atoms. The van der Waals surface area contributed by atoms with Gasteiger partial charge in [-0.1, -0.05) is 67.7 Å². The van der Waals surface area contributed by atoms with Crippen LogP contribution in [-0.2, 0) is 4.43 Å². The van der Waals surface area contributed by atoms with Crippen LogP contribution in [0.2, 0.25) is 16.6 Å². The van der Waals surface area contributed by atoms with Gasteiger partial charge in [0.25, 0.3) is 0 Å². The van der Waals surface area contributed by atoms with E-state index in [-0.39, 0.29) is 0 Å². The molecular formula is C15H34OSi. The zero-order chi connectivity index (χ0) is 13.5. The van der Waals surface area contributed by atoms with Gasteiger partial charge in [-0.25, -0.2) is 0 Å². The molecule has 3 atom stereocenters. The normalized spacial score (nSPS) is 20.6. The Kier molecular flexibility index (Phi) is 8.40. The third-order valence-corrected chi connectivity index (χ3v) is 11.3. The number of hydrogen-bond acceptors (Lipinski definition) is 1. The van der Waals surface area contributed by atoms with Crippen LogP contribution < -0.4 is 0 Å². The number of rotatable bonds is 9. The molecule has 1 nitrogen and oxygen atoms in total. The summed E-state index contributed by atoms with van der Waals surface area (Å²) >= 11 is 0. The maximum Gasteiger partial charge on any atom is 0.201 e. The first-order valence-corrected chi connectivity index (χ1v) is 9.78. The van der Waals surface area contributed by atoms with Gasteiger partial charge >= 0.3 is 0 Å². The maximum absolute atomic E-state index is 6.58. The minimum Gasteiger partial charge on any atom is -0.416 e. The second-order valence-electron chi connectivity index (χ2n) is 5.63. The van der Waals surface area contributed by atoms with Crippen molar-refractivity contribution < 1.29 is 4.43 Å². The Hall–Kier alpha value is 0.177. The van der Waals surface area contributed by atoms with E-state index in [1.165, 1.54) is 19.3 Å². The van der Waals surface area contributed by atoms with Crippen molar-refractivity contribution in [3.63, 3.8) is 0 Å². The van der Waals surface area contributed by atoms with Crippen LogP contribution in [0.5, 0.6) is 0 Å². The number of hydrogen-bond donors (Lipinski definition) is 0. The molecule has 0 aromatic rings. The van der Waals surface area contributed by atoms with Gasteiger partial charge in [-0.15, -0.1) is 0 Å². The lowest BCUT2D eigenvalue weighted by atomic mass is 10.3. The van der Waals surface area contributed by atoms with Crippen molar-refractivity contribution >= 4 is 8.32 Å². The van der Waals surface area contributed by atoms with Crippen molar-refractivity contribution in [1.29, 1.82) is 0 Å². The van der Waals surface area contributed by atoms with Crippen molar-refractivity contribution in [3.05, 3.63) is 0 Å². The molecule has 0 aliphatic carbocycles. The van der Waals surface area contributed by atoms with Crippen LogP contribution in [0.25, 0.3) is 0 Å². The van der Waals surface area contributed by atoms with E-state index in [2.05, 4.69) is 48.5 Å². The molecule has 0 saturated heterocycles. The molecule has 0 aliphatic rings. The van der Waals surface area contributed by atoms with Gasteiger partial charge in [-0.2, -0.15) is 0 Å². The second kappa shape index (κ2) is 8.31. The van der Waals surface area contributed by atoms with Crippen LogP contribution in [0, 0.1) is 0 Å². The summed E-state index contributed by atoms with van der Waals surface area (Å²) in [4.78, 5) is 0. The van der Waals surface area contributed by atoms with Crippen LogP contribution in [-0.4, -0.2) is 14.9 Å². The molecule has 0 aliphatic heterocycles. The Morgan fingerprint density at radius 1 is 0.765 bits per heavy atom. The molecule has 0 aromatic carbocycles. The molecule has 0 amide bonds. The lowest BCUT2D eigenvalue weighted by molar-refractivity contribution is 0.269. The first-order chi connectivity index (χ1) is 8.00. The highest BCUT2D eigenvalue weighted by Gasteiger charge is 2.47. The van der Waals surface area contributed by atoms with Crippen LogP contribution in [0.3, 0.4) is 0 Å². The predicted octanol–water partition coefficient (Wildman–Crippen LogP) is 5.76. The molecule has 0 aromatic heterocycles. The molecule has 0 fully saturated rings. The first-order valence-electron chi connectivity index (χ1n) is 7.64. The lowest BCUT2D eigenvalue weighted by Gasteiger charge is -2.45. The monoisotopic (exact) mass is 258 g/mol. The summed E-state index contributed by atoms with van der Waals surface area (Å²) in [6, 6.07) is 0. The van der Waals surface area contributed by atoms with Crippen molar-refractivity contribution in [2.75, 3.05) is 6.61 Å². The Labute approximate surface area is 110 Å². The molecule has 0 saturated carbocycles. The van der Waals surface area contributed by atoms with Gasteiger partial charge in [-0.05, 0) is 23.0 Å². The molecule has 104 valence electrons. The zero-order valence-electron chi connectivity index (χ0n) is 13.2. The Bertz CT molecular complexity index is 167. The van der Waals surface area contributed by atoms with E-state index in [1.807, 2.05) is 0 Å². The van der Waals surface area contributed by atoms with Crippen LogP contribution in [0.4, 0.5) is 0 Å². The van der Waals surface area contributed by atoms with E-state index in [4.69, 9.17) is 4.43 Å². The van der Waals surface area contributed by atoms with Gasteiger partial charge in [0.1, 0.15) is 0 Å². The summed E-state index contributed by atoms with van der Waals surface area (Å²) in [6.07, 6.45) is 4.96.